The average Bonchev–Trinajstić information content (AvgIpc) is 4.25. The van der Waals surface area contributed by atoms with E-state index in [4.69, 9.17) is 62.2 Å². The third kappa shape index (κ3) is 19.0. The lowest BCUT2D eigenvalue weighted by Gasteiger charge is -2.38. The summed E-state index contributed by atoms with van der Waals surface area (Å²) in [6.07, 6.45) is 5.00. The van der Waals surface area contributed by atoms with E-state index in [1.54, 1.807) is 66.1 Å². The van der Waals surface area contributed by atoms with Crippen molar-refractivity contribution in [2.75, 3.05) is 57.8 Å². The minimum atomic E-state index is -0.775. The number of carbonyl (C=O) groups excluding carboxylic acids is 2. The van der Waals surface area contributed by atoms with Crippen LogP contribution in [0.4, 0.5) is 5.13 Å². The molecule has 0 saturated carbocycles. The fraction of sp³-hybridized carbons (Fsp3) is 0.556. The van der Waals surface area contributed by atoms with Gasteiger partial charge in [-0.15, -0.1) is 0 Å². The molecule has 0 aliphatic carbocycles. The molecule has 0 radical (unpaired) electrons. The predicted molar refractivity (Wildman–Crippen MR) is 310 cm³/mol. The Morgan fingerprint density at radius 1 is 0.625 bits per heavy atom. The third-order valence-corrected chi connectivity index (χ3v) is 14.4. The summed E-state index contributed by atoms with van der Waals surface area (Å²) < 4.78 is 67.9. The van der Waals surface area contributed by atoms with E-state index in [-0.39, 0.29) is 36.2 Å². The third-order valence-electron chi connectivity index (χ3n) is 13.4. The molecule has 4 aromatic carbocycles. The van der Waals surface area contributed by atoms with E-state index in [0.29, 0.717) is 93.6 Å². The van der Waals surface area contributed by atoms with Gasteiger partial charge in [-0.2, -0.15) is 5.10 Å². The SMILES string of the molecule is CCCN(/N=C/c1cc(CCOC(=O)c2ccc(OC(C)(C)CC(C)(C)OCC3CO3)cc2)ccc1OC(=O)c1ccc(OC(C)(C)CC(C)(C)OCC2CO2)c(OC(C)(C)CC(C)(C)OCC2CO2)c1)c1nc2ccccc2s1. The van der Waals surface area contributed by atoms with Crippen LogP contribution in [0.3, 0.4) is 0 Å². The molecule has 16 nitrogen and oxygen atoms in total. The first-order valence-corrected chi connectivity index (χ1v) is 28.8. The maximum Gasteiger partial charge on any atom is 0.343 e. The van der Waals surface area contributed by atoms with Crippen molar-refractivity contribution < 1.29 is 61.7 Å². The standard InChI is InChI=1S/C63H83N3O13S/c1-14-28-66(57-65-50-17-15-16-18-54(50)80-57)64-32-45-30-42(27-29-69-55(67)43-20-23-46(24-21-43)77-61(8,9)39-58(2,3)73-36-47-33-70-47)19-25-51(45)76-56(68)44-22-26-52(78-62(10,11)40-59(4,5)74-37-48-34-71-48)53(31-44)79-63(12,13)41-60(6,7)75-38-49-35-72-49/h15-26,30-32,47-49H,14,27-29,33-41H2,1-13H3/b64-32+. The Morgan fingerprint density at radius 3 is 1.70 bits per heavy atom. The maximum atomic E-state index is 14.5. The molecule has 3 saturated heterocycles. The molecule has 0 amide bonds. The van der Waals surface area contributed by atoms with Crippen molar-refractivity contribution in [3.8, 4) is 23.0 Å². The number of carbonyl (C=O) groups is 2. The minimum absolute atomic E-state index is 0.0943. The number of rotatable bonds is 32. The van der Waals surface area contributed by atoms with Gasteiger partial charge in [0.25, 0.3) is 0 Å². The zero-order chi connectivity index (χ0) is 57.5. The maximum absolute atomic E-state index is 14.5. The lowest BCUT2D eigenvalue weighted by Crippen LogP contribution is -2.41. The van der Waals surface area contributed by atoms with Gasteiger partial charge in [0.15, 0.2) is 11.5 Å². The van der Waals surface area contributed by atoms with Gasteiger partial charge in [-0.05, 0) is 162 Å². The summed E-state index contributed by atoms with van der Waals surface area (Å²) in [5.74, 6) is 0.659. The van der Waals surface area contributed by atoms with Crippen molar-refractivity contribution in [1.29, 1.82) is 0 Å². The average molecular weight is 1120 g/mol. The molecular weight excluding hydrogens is 1040 g/mol. The molecule has 4 heterocycles. The number of hydrogen-bond acceptors (Lipinski definition) is 17. The van der Waals surface area contributed by atoms with Crippen LogP contribution >= 0.6 is 11.3 Å². The number of epoxide rings is 3. The number of esters is 2. The molecule has 0 spiro atoms. The quantitative estimate of drug-likeness (QED) is 0.0131. The van der Waals surface area contributed by atoms with E-state index < -0.39 is 45.5 Å². The second-order valence-corrected chi connectivity index (χ2v) is 25.9. The lowest BCUT2D eigenvalue weighted by atomic mass is 9.91. The number of hydrogen-bond donors (Lipinski definition) is 0. The van der Waals surface area contributed by atoms with Crippen LogP contribution < -0.4 is 24.0 Å². The van der Waals surface area contributed by atoms with Crippen LogP contribution in [-0.2, 0) is 39.6 Å². The fourth-order valence-corrected chi connectivity index (χ4v) is 11.1. The van der Waals surface area contributed by atoms with Crippen LogP contribution in [0.2, 0.25) is 0 Å². The van der Waals surface area contributed by atoms with E-state index >= 15 is 0 Å². The number of hydrazone groups is 1. The lowest BCUT2D eigenvalue weighted by molar-refractivity contribution is -0.0755. The second-order valence-electron chi connectivity index (χ2n) is 24.9. The zero-order valence-electron chi connectivity index (χ0n) is 49.1. The minimum Gasteiger partial charge on any atom is -0.488 e. The number of fused-ring (bicyclic) bond motifs is 1. The number of nitrogens with zero attached hydrogens (tertiary/aromatic N) is 3. The molecule has 0 N–H and O–H groups in total. The van der Waals surface area contributed by atoms with Crippen LogP contribution in [0.25, 0.3) is 10.2 Å². The van der Waals surface area contributed by atoms with Crippen LogP contribution in [0, 0.1) is 0 Å². The molecule has 5 aromatic rings. The highest BCUT2D eigenvalue weighted by Gasteiger charge is 2.38. The first-order chi connectivity index (χ1) is 37.7. The zero-order valence-corrected chi connectivity index (χ0v) is 50.0. The van der Waals surface area contributed by atoms with Crippen LogP contribution in [0.5, 0.6) is 23.0 Å². The van der Waals surface area contributed by atoms with E-state index in [0.717, 1.165) is 33.9 Å². The van der Waals surface area contributed by atoms with Gasteiger partial charge in [-0.25, -0.2) is 19.6 Å². The van der Waals surface area contributed by atoms with Crippen LogP contribution in [0.1, 0.15) is 148 Å². The molecule has 1 aromatic heterocycles. The molecular formula is C63H83N3O13S. The predicted octanol–water partition coefficient (Wildman–Crippen LogP) is 12.4. The van der Waals surface area contributed by atoms with Crippen LogP contribution in [0.15, 0.2) is 90.0 Å². The Labute approximate surface area is 476 Å². The summed E-state index contributed by atoms with van der Waals surface area (Å²) in [4.78, 5) is 32.7. The van der Waals surface area contributed by atoms with Crippen molar-refractivity contribution in [2.24, 2.45) is 5.10 Å². The smallest absolute Gasteiger partial charge is 0.343 e. The summed E-state index contributed by atoms with van der Waals surface area (Å²) >= 11 is 1.55. The van der Waals surface area contributed by atoms with Gasteiger partial charge in [-0.3, -0.25) is 0 Å². The number of thiazole rings is 1. The van der Waals surface area contributed by atoms with Gasteiger partial charge in [0, 0.05) is 37.8 Å². The highest BCUT2D eigenvalue weighted by molar-refractivity contribution is 7.22. The largest absolute Gasteiger partial charge is 0.488 e. The summed E-state index contributed by atoms with van der Waals surface area (Å²) in [7, 11) is 0. The highest BCUT2D eigenvalue weighted by atomic mass is 32.1. The summed E-state index contributed by atoms with van der Waals surface area (Å²) in [5.41, 5.74) is -0.619. The molecule has 3 fully saturated rings. The number of anilines is 1. The van der Waals surface area contributed by atoms with E-state index in [1.807, 2.05) is 124 Å². The highest BCUT2D eigenvalue weighted by Crippen LogP contribution is 2.40. The number of aromatic nitrogens is 1. The van der Waals surface area contributed by atoms with E-state index in [1.165, 1.54) is 0 Å². The van der Waals surface area contributed by atoms with Crippen LogP contribution in [-0.4, -0.2) is 128 Å². The summed E-state index contributed by atoms with van der Waals surface area (Å²) in [5, 5.41) is 7.53. The van der Waals surface area contributed by atoms with Gasteiger partial charge in [0.2, 0.25) is 5.13 Å². The Morgan fingerprint density at radius 2 is 1.15 bits per heavy atom. The molecule has 17 heteroatoms. The van der Waals surface area contributed by atoms with Crippen molar-refractivity contribution in [3.05, 3.63) is 107 Å². The summed E-state index contributed by atoms with van der Waals surface area (Å²) in [6.45, 7) is 30.8. The van der Waals surface area contributed by atoms with Crippen molar-refractivity contribution in [3.63, 3.8) is 0 Å². The van der Waals surface area contributed by atoms with E-state index in [2.05, 4.69) is 6.92 Å². The Bertz CT molecular complexity index is 2890. The molecule has 8 rings (SSSR count). The molecule has 3 atom stereocenters. The monoisotopic (exact) mass is 1120 g/mol. The molecule has 80 heavy (non-hydrogen) atoms. The van der Waals surface area contributed by atoms with Gasteiger partial charge >= 0.3 is 11.9 Å². The Balaban J connectivity index is 0.998. The fourth-order valence-electron chi connectivity index (χ4n) is 10.1. The van der Waals surface area contributed by atoms with Crippen molar-refractivity contribution in [1.82, 2.24) is 4.98 Å². The molecule has 0 bridgehead atoms. The summed E-state index contributed by atoms with van der Waals surface area (Å²) in [6, 6.07) is 25.5. The topological polar surface area (TPSA) is 174 Å². The van der Waals surface area contributed by atoms with Gasteiger partial charge in [-0.1, -0.05) is 36.5 Å². The number of ether oxygens (including phenoxy) is 11. The van der Waals surface area contributed by atoms with Gasteiger partial charge < -0.3 is 52.1 Å². The second kappa shape index (κ2) is 25.2. The number of para-hydroxylation sites is 1. The molecule has 3 aliphatic rings. The Hall–Kier alpha value is -5.66. The van der Waals surface area contributed by atoms with Crippen molar-refractivity contribution in [2.45, 2.75) is 174 Å². The molecule has 3 unspecified atom stereocenters. The van der Waals surface area contributed by atoms with Gasteiger partial charge in [0.1, 0.15) is 46.6 Å². The van der Waals surface area contributed by atoms with Crippen molar-refractivity contribution >= 4 is 44.8 Å². The molecule has 3 aliphatic heterocycles. The first-order valence-electron chi connectivity index (χ1n) is 28.0. The first kappa shape index (κ1) is 60.4. The number of benzene rings is 4. The van der Waals surface area contributed by atoms with E-state index in [9.17, 15) is 9.59 Å². The molecule has 434 valence electrons. The normalized spacial score (nSPS) is 17.6. The van der Waals surface area contributed by atoms with Gasteiger partial charge in [0.05, 0.1) is 90.6 Å². The Kier molecular flexibility index (Phi) is 19.1.